The van der Waals surface area contributed by atoms with Crippen LogP contribution in [0, 0.1) is 6.92 Å². The molecular formula is C19H27N3O2. The lowest BCUT2D eigenvalue weighted by molar-refractivity contribution is 0.0688. The van der Waals surface area contributed by atoms with Crippen molar-refractivity contribution in [2.45, 2.75) is 32.9 Å². The van der Waals surface area contributed by atoms with E-state index in [0.29, 0.717) is 5.52 Å². The molecule has 5 nitrogen and oxygen atoms in total. The molecule has 5 heteroatoms. The summed E-state index contributed by atoms with van der Waals surface area (Å²) < 4.78 is 0. The number of β-amino-alcohol motifs (C(OH)–C–C–N with tert-alkyl or cyclic N) is 1. The third-order valence-corrected chi connectivity index (χ3v) is 4.86. The number of benzene rings is 1. The van der Waals surface area contributed by atoms with Crippen molar-refractivity contribution in [2.24, 2.45) is 0 Å². The standard InChI is InChI=1S/C19H27N3O2/c1-3-16(23)13-22-10-8-21(9-11-22)12-15-5-7-18(24)19-17(15)6-4-14(2)20-19/h4-7,16,23-24H,3,8-13H2,1-2H3/t16-/m0/s1. The molecule has 1 fully saturated rings. The summed E-state index contributed by atoms with van der Waals surface area (Å²) >= 11 is 0. The van der Waals surface area contributed by atoms with Gasteiger partial charge in [-0.1, -0.05) is 19.1 Å². The van der Waals surface area contributed by atoms with Crippen molar-refractivity contribution in [1.29, 1.82) is 0 Å². The summed E-state index contributed by atoms with van der Waals surface area (Å²) in [6, 6.07) is 7.80. The van der Waals surface area contributed by atoms with Crippen molar-refractivity contribution in [3.63, 3.8) is 0 Å². The highest BCUT2D eigenvalue weighted by Gasteiger charge is 2.19. The van der Waals surface area contributed by atoms with Gasteiger partial charge in [0.05, 0.1) is 6.10 Å². The van der Waals surface area contributed by atoms with E-state index in [1.165, 1.54) is 5.56 Å². The molecule has 1 aromatic carbocycles. The van der Waals surface area contributed by atoms with Crippen LogP contribution in [0.4, 0.5) is 0 Å². The summed E-state index contributed by atoms with van der Waals surface area (Å²) in [5.74, 6) is 0.246. The Bertz CT molecular complexity index is 696. The van der Waals surface area contributed by atoms with Crippen LogP contribution in [0.25, 0.3) is 10.9 Å². The van der Waals surface area contributed by atoms with E-state index < -0.39 is 0 Å². The molecule has 0 saturated carbocycles. The zero-order chi connectivity index (χ0) is 17.1. The fourth-order valence-corrected chi connectivity index (χ4v) is 3.30. The molecular weight excluding hydrogens is 302 g/mol. The molecule has 0 unspecified atom stereocenters. The first kappa shape index (κ1) is 17.1. The third kappa shape index (κ3) is 3.86. The van der Waals surface area contributed by atoms with Crippen molar-refractivity contribution in [1.82, 2.24) is 14.8 Å². The minimum atomic E-state index is -0.216. The Morgan fingerprint density at radius 2 is 1.79 bits per heavy atom. The molecule has 0 spiro atoms. The molecule has 0 radical (unpaired) electrons. The quantitative estimate of drug-likeness (QED) is 0.880. The molecule has 2 aromatic rings. The van der Waals surface area contributed by atoms with E-state index in [-0.39, 0.29) is 11.9 Å². The molecule has 2 N–H and O–H groups in total. The summed E-state index contributed by atoms with van der Waals surface area (Å²) in [7, 11) is 0. The SMILES string of the molecule is CC[C@H](O)CN1CCN(Cc2ccc(O)c3nc(C)ccc23)CC1. The van der Waals surface area contributed by atoms with E-state index in [0.717, 1.165) is 56.8 Å². The van der Waals surface area contributed by atoms with Gasteiger partial charge in [-0.3, -0.25) is 9.80 Å². The predicted molar refractivity (Wildman–Crippen MR) is 96.2 cm³/mol. The molecule has 1 saturated heterocycles. The van der Waals surface area contributed by atoms with E-state index in [1.807, 2.05) is 26.0 Å². The van der Waals surface area contributed by atoms with Crippen LogP contribution in [0.3, 0.4) is 0 Å². The molecule has 24 heavy (non-hydrogen) atoms. The van der Waals surface area contributed by atoms with E-state index in [9.17, 15) is 10.2 Å². The maximum atomic E-state index is 10.1. The zero-order valence-electron chi connectivity index (χ0n) is 14.6. The van der Waals surface area contributed by atoms with Crippen LogP contribution < -0.4 is 0 Å². The average Bonchev–Trinajstić information content (AvgIpc) is 2.59. The fourth-order valence-electron chi connectivity index (χ4n) is 3.30. The number of hydrogen-bond donors (Lipinski definition) is 2. The van der Waals surface area contributed by atoms with Gasteiger partial charge in [0, 0.05) is 50.3 Å². The first-order valence-electron chi connectivity index (χ1n) is 8.77. The molecule has 1 aromatic heterocycles. The molecule has 1 atom stereocenters. The lowest BCUT2D eigenvalue weighted by atomic mass is 10.1. The first-order chi connectivity index (χ1) is 11.6. The Kier molecular flexibility index (Phi) is 5.33. The van der Waals surface area contributed by atoms with Gasteiger partial charge in [0.1, 0.15) is 11.3 Å². The van der Waals surface area contributed by atoms with Crippen LogP contribution in [0.2, 0.25) is 0 Å². The van der Waals surface area contributed by atoms with Crippen molar-refractivity contribution >= 4 is 10.9 Å². The number of aliphatic hydroxyl groups excluding tert-OH is 1. The summed E-state index contributed by atoms with van der Waals surface area (Å²) in [5, 5.41) is 20.9. The number of phenols is 1. The zero-order valence-corrected chi connectivity index (χ0v) is 14.6. The Morgan fingerprint density at radius 3 is 2.50 bits per heavy atom. The number of aryl methyl sites for hydroxylation is 1. The van der Waals surface area contributed by atoms with Gasteiger partial charge in [-0.05, 0) is 31.0 Å². The summed E-state index contributed by atoms with van der Waals surface area (Å²) in [4.78, 5) is 9.25. The number of aliphatic hydroxyl groups is 1. The van der Waals surface area contributed by atoms with Gasteiger partial charge in [0.15, 0.2) is 0 Å². The van der Waals surface area contributed by atoms with E-state index >= 15 is 0 Å². The topological polar surface area (TPSA) is 59.8 Å². The second-order valence-corrected chi connectivity index (χ2v) is 6.73. The number of rotatable bonds is 5. The van der Waals surface area contributed by atoms with Crippen LogP contribution in [0.1, 0.15) is 24.6 Å². The lowest BCUT2D eigenvalue weighted by Gasteiger charge is -2.35. The molecule has 1 aliphatic rings. The van der Waals surface area contributed by atoms with E-state index in [2.05, 4.69) is 20.9 Å². The molecule has 0 aliphatic carbocycles. The van der Waals surface area contributed by atoms with Crippen molar-refractivity contribution in [3.05, 3.63) is 35.5 Å². The van der Waals surface area contributed by atoms with Gasteiger partial charge in [0.25, 0.3) is 0 Å². The Labute approximate surface area is 143 Å². The minimum absolute atomic E-state index is 0.216. The fraction of sp³-hybridized carbons (Fsp3) is 0.526. The highest BCUT2D eigenvalue weighted by atomic mass is 16.3. The molecule has 2 heterocycles. The van der Waals surface area contributed by atoms with E-state index in [4.69, 9.17) is 0 Å². The van der Waals surface area contributed by atoms with Gasteiger partial charge in [0.2, 0.25) is 0 Å². The second kappa shape index (κ2) is 7.47. The van der Waals surface area contributed by atoms with Crippen LogP contribution in [0.5, 0.6) is 5.75 Å². The van der Waals surface area contributed by atoms with Crippen molar-refractivity contribution in [3.8, 4) is 5.75 Å². The lowest BCUT2D eigenvalue weighted by Crippen LogP contribution is -2.48. The average molecular weight is 329 g/mol. The Balaban J connectivity index is 1.67. The highest BCUT2D eigenvalue weighted by molar-refractivity contribution is 5.87. The van der Waals surface area contributed by atoms with Gasteiger partial charge < -0.3 is 10.2 Å². The van der Waals surface area contributed by atoms with Gasteiger partial charge in [-0.15, -0.1) is 0 Å². The van der Waals surface area contributed by atoms with Crippen molar-refractivity contribution in [2.75, 3.05) is 32.7 Å². The summed E-state index contributed by atoms with van der Waals surface area (Å²) in [5.41, 5.74) is 2.81. The minimum Gasteiger partial charge on any atom is -0.506 e. The van der Waals surface area contributed by atoms with Gasteiger partial charge in [-0.2, -0.15) is 0 Å². The number of pyridine rings is 1. The molecule has 130 valence electrons. The van der Waals surface area contributed by atoms with Crippen LogP contribution in [-0.4, -0.2) is 63.8 Å². The van der Waals surface area contributed by atoms with E-state index in [1.54, 1.807) is 6.07 Å². The number of hydrogen-bond acceptors (Lipinski definition) is 5. The largest absolute Gasteiger partial charge is 0.506 e. The number of fused-ring (bicyclic) bond motifs is 1. The smallest absolute Gasteiger partial charge is 0.141 e. The van der Waals surface area contributed by atoms with Crippen molar-refractivity contribution < 1.29 is 10.2 Å². The summed E-state index contributed by atoms with van der Waals surface area (Å²) in [6.07, 6.45) is 0.596. The maximum Gasteiger partial charge on any atom is 0.141 e. The molecule has 0 bridgehead atoms. The Morgan fingerprint density at radius 1 is 1.08 bits per heavy atom. The van der Waals surface area contributed by atoms with Gasteiger partial charge in [-0.25, -0.2) is 4.98 Å². The number of phenolic OH excluding ortho intramolecular Hbond substituents is 1. The Hall–Kier alpha value is -1.69. The molecule has 1 aliphatic heterocycles. The summed E-state index contributed by atoms with van der Waals surface area (Å²) in [6.45, 7) is 9.58. The van der Waals surface area contributed by atoms with Crippen LogP contribution in [-0.2, 0) is 6.54 Å². The van der Waals surface area contributed by atoms with Crippen LogP contribution in [0.15, 0.2) is 24.3 Å². The van der Waals surface area contributed by atoms with Gasteiger partial charge >= 0.3 is 0 Å². The molecule has 0 amide bonds. The van der Waals surface area contributed by atoms with Crippen LogP contribution >= 0.6 is 0 Å². The molecule has 3 rings (SSSR count). The number of nitrogens with zero attached hydrogens (tertiary/aromatic N) is 3. The third-order valence-electron chi connectivity index (χ3n) is 4.86. The monoisotopic (exact) mass is 329 g/mol. The maximum absolute atomic E-state index is 10.1. The second-order valence-electron chi connectivity index (χ2n) is 6.73. The number of aromatic nitrogens is 1. The highest BCUT2D eigenvalue weighted by Crippen LogP contribution is 2.27. The number of piperazine rings is 1. The predicted octanol–water partition coefficient (Wildman–Crippen LogP) is 2.14. The first-order valence-corrected chi connectivity index (χ1v) is 8.77. The number of aromatic hydroxyl groups is 1. The normalized spacial score (nSPS) is 18.1.